The highest BCUT2D eigenvalue weighted by atomic mass is 32.1. The summed E-state index contributed by atoms with van der Waals surface area (Å²) in [5.41, 5.74) is 7.99. The number of carbonyl (C=O) groups is 2. The average molecular weight is 425 g/mol. The Hall–Kier alpha value is -3.04. The Morgan fingerprint density at radius 2 is 1.87 bits per heavy atom. The number of fused-ring (bicyclic) bond motifs is 1. The van der Waals surface area contributed by atoms with Crippen LogP contribution in [0.5, 0.6) is 0 Å². The normalized spacial score (nSPS) is 15.2. The van der Waals surface area contributed by atoms with Gasteiger partial charge in [0.25, 0.3) is 11.8 Å². The van der Waals surface area contributed by atoms with E-state index in [2.05, 4.69) is 32.5 Å². The molecule has 0 spiro atoms. The molecule has 0 saturated carbocycles. The number of aromatic nitrogens is 2. The van der Waals surface area contributed by atoms with E-state index in [1.807, 2.05) is 18.2 Å². The fourth-order valence-corrected chi connectivity index (χ4v) is 4.27. The maximum atomic E-state index is 12.5. The number of rotatable bonds is 5. The van der Waals surface area contributed by atoms with Gasteiger partial charge in [0, 0.05) is 12.6 Å². The van der Waals surface area contributed by atoms with Gasteiger partial charge in [0.1, 0.15) is 11.4 Å². The Balaban J connectivity index is 1.37. The van der Waals surface area contributed by atoms with Crippen molar-refractivity contribution in [3.63, 3.8) is 0 Å². The van der Waals surface area contributed by atoms with Crippen molar-refractivity contribution in [3.05, 3.63) is 53.3 Å². The molecular weight excluding hydrogens is 400 g/mol. The Bertz CT molecular complexity index is 1070. The smallest absolute Gasteiger partial charge is 0.270 e. The summed E-state index contributed by atoms with van der Waals surface area (Å²) in [6.07, 6.45) is 1.83. The van der Waals surface area contributed by atoms with Crippen molar-refractivity contribution in [2.75, 3.05) is 25.9 Å². The lowest BCUT2D eigenvalue weighted by Crippen LogP contribution is -2.43. The number of nitrogens with zero attached hydrogens (tertiary/aromatic N) is 3. The topological polar surface area (TPSA) is 113 Å². The number of hydrogen-bond donors (Lipinski definition) is 3. The van der Waals surface area contributed by atoms with Crippen molar-refractivity contribution < 1.29 is 9.59 Å². The monoisotopic (exact) mass is 424 g/mol. The predicted molar refractivity (Wildman–Crippen MR) is 117 cm³/mol. The first kappa shape index (κ1) is 20.2. The van der Waals surface area contributed by atoms with E-state index in [9.17, 15) is 9.59 Å². The minimum Gasteiger partial charge on any atom is -0.375 e. The minimum atomic E-state index is -0.326. The predicted octanol–water partition coefficient (Wildman–Crippen LogP) is 2.03. The van der Waals surface area contributed by atoms with Gasteiger partial charge in [0.2, 0.25) is 0 Å². The van der Waals surface area contributed by atoms with Gasteiger partial charge in [-0.3, -0.25) is 9.59 Å². The number of hydrogen-bond acceptors (Lipinski definition) is 7. The molecule has 1 aliphatic rings. The van der Waals surface area contributed by atoms with Crippen molar-refractivity contribution in [2.24, 2.45) is 0 Å². The van der Waals surface area contributed by atoms with Gasteiger partial charge in [0.05, 0.1) is 10.2 Å². The van der Waals surface area contributed by atoms with Gasteiger partial charge in [-0.2, -0.15) is 0 Å². The molecule has 4 rings (SSSR count). The van der Waals surface area contributed by atoms with E-state index >= 15 is 0 Å². The lowest BCUT2D eigenvalue weighted by molar-refractivity contribution is 0.0911. The van der Waals surface area contributed by atoms with E-state index in [4.69, 9.17) is 5.73 Å². The van der Waals surface area contributed by atoms with Crippen LogP contribution in [0.1, 0.15) is 39.4 Å². The maximum absolute atomic E-state index is 12.5. The summed E-state index contributed by atoms with van der Waals surface area (Å²) in [5.74, 6) is -0.569. The molecular formula is C21H24N6O2S. The molecule has 3 heterocycles. The number of nitrogens with one attached hydrogen (secondary N) is 2. The molecule has 1 fully saturated rings. The van der Waals surface area contributed by atoms with Gasteiger partial charge in [-0.05, 0) is 62.8 Å². The Morgan fingerprint density at radius 1 is 1.13 bits per heavy atom. The summed E-state index contributed by atoms with van der Waals surface area (Å²) in [6, 6.07) is 10.8. The van der Waals surface area contributed by atoms with Gasteiger partial charge in [-0.1, -0.05) is 23.5 Å². The van der Waals surface area contributed by atoms with Crippen LogP contribution in [0.3, 0.4) is 0 Å². The van der Waals surface area contributed by atoms with Crippen LogP contribution < -0.4 is 16.4 Å². The van der Waals surface area contributed by atoms with E-state index in [-0.39, 0.29) is 29.2 Å². The number of likely N-dealkylation sites (tertiary alicyclic amines) is 1. The molecule has 1 aliphatic heterocycles. The molecule has 1 saturated heterocycles. The molecule has 2 aromatic heterocycles. The Labute approximate surface area is 178 Å². The van der Waals surface area contributed by atoms with Gasteiger partial charge < -0.3 is 21.3 Å². The quantitative estimate of drug-likeness (QED) is 0.578. The van der Waals surface area contributed by atoms with Crippen molar-refractivity contribution in [3.8, 4) is 0 Å². The van der Waals surface area contributed by atoms with Crippen molar-refractivity contribution in [1.82, 2.24) is 25.5 Å². The lowest BCUT2D eigenvalue weighted by atomic mass is 10.1. The van der Waals surface area contributed by atoms with Gasteiger partial charge in [0.15, 0.2) is 5.13 Å². The van der Waals surface area contributed by atoms with Crippen LogP contribution in [0.25, 0.3) is 10.2 Å². The molecule has 1 aromatic carbocycles. The first-order valence-corrected chi connectivity index (χ1v) is 10.7. The SMILES string of the molecule is CN1CCC(NC(=O)c2cccc(C(=O)NCc3ccc4nc(N)sc4c3)n2)CC1. The molecule has 30 heavy (non-hydrogen) atoms. The molecule has 8 nitrogen and oxygen atoms in total. The van der Waals surface area contributed by atoms with Gasteiger partial charge in [-0.15, -0.1) is 0 Å². The highest BCUT2D eigenvalue weighted by molar-refractivity contribution is 7.22. The van der Waals surface area contributed by atoms with E-state index in [1.165, 1.54) is 11.3 Å². The van der Waals surface area contributed by atoms with Crippen molar-refractivity contribution in [2.45, 2.75) is 25.4 Å². The second-order valence-corrected chi connectivity index (χ2v) is 8.56. The largest absolute Gasteiger partial charge is 0.375 e. The Morgan fingerprint density at radius 3 is 2.63 bits per heavy atom. The van der Waals surface area contributed by atoms with E-state index < -0.39 is 0 Å². The first-order chi connectivity index (χ1) is 14.5. The van der Waals surface area contributed by atoms with Gasteiger partial charge >= 0.3 is 0 Å². The molecule has 0 radical (unpaired) electrons. The summed E-state index contributed by atoms with van der Waals surface area (Å²) in [6.45, 7) is 2.27. The lowest BCUT2D eigenvalue weighted by Gasteiger charge is -2.29. The van der Waals surface area contributed by atoms with E-state index in [0.29, 0.717) is 11.7 Å². The third-order valence-corrected chi connectivity index (χ3v) is 6.04. The standard InChI is InChI=1S/C21H24N6O2S/c1-27-9-7-14(8-10-27)24-20(29)17-4-2-3-16(25-17)19(28)23-12-13-5-6-15-18(11-13)30-21(22)26-15/h2-6,11,14H,7-10,12H2,1H3,(H2,22,26)(H,23,28)(H,24,29). The number of amides is 2. The molecule has 2 amide bonds. The number of thiazole rings is 1. The number of nitrogen functional groups attached to an aromatic ring is 1. The molecule has 9 heteroatoms. The number of carbonyl (C=O) groups excluding carboxylic acids is 2. The third-order valence-electron chi connectivity index (χ3n) is 5.19. The highest BCUT2D eigenvalue weighted by Crippen LogP contribution is 2.24. The fraction of sp³-hybridized carbons (Fsp3) is 0.333. The molecule has 0 atom stereocenters. The van der Waals surface area contributed by atoms with Crippen LogP contribution >= 0.6 is 11.3 Å². The zero-order valence-electron chi connectivity index (χ0n) is 16.7. The summed E-state index contributed by atoms with van der Waals surface area (Å²) < 4.78 is 0.977. The van der Waals surface area contributed by atoms with Crippen LogP contribution in [0, 0.1) is 0 Å². The zero-order valence-corrected chi connectivity index (χ0v) is 17.5. The maximum Gasteiger partial charge on any atom is 0.270 e. The molecule has 4 N–H and O–H groups in total. The van der Waals surface area contributed by atoms with E-state index in [1.54, 1.807) is 18.2 Å². The Kier molecular flexibility index (Phi) is 5.91. The number of benzene rings is 1. The summed E-state index contributed by atoms with van der Waals surface area (Å²) in [7, 11) is 2.08. The van der Waals surface area contributed by atoms with Crippen LogP contribution in [0.4, 0.5) is 5.13 Å². The molecule has 0 bridgehead atoms. The number of piperidine rings is 1. The van der Waals surface area contributed by atoms with Gasteiger partial charge in [-0.25, -0.2) is 9.97 Å². The molecule has 156 valence electrons. The van der Waals surface area contributed by atoms with Crippen LogP contribution in [-0.4, -0.2) is 52.9 Å². The van der Waals surface area contributed by atoms with Crippen LogP contribution in [0.15, 0.2) is 36.4 Å². The molecule has 3 aromatic rings. The fourth-order valence-electron chi connectivity index (χ4n) is 3.47. The molecule has 0 aliphatic carbocycles. The number of nitrogens with two attached hydrogens (primary N) is 1. The third kappa shape index (κ3) is 4.74. The second-order valence-electron chi connectivity index (χ2n) is 7.50. The average Bonchev–Trinajstić information content (AvgIpc) is 3.13. The summed E-state index contributed by atoms with van der Waals surface area (Å²) in [4.78, 5) is 35.8. The second kappa shape index (κ2) is 8.76. The minimum absolute atomic E-state index is 0.142. The van der Waals surface area contributed by atoms with Crippen LogP contribution in [-0.2, 0) is 6.54 Å². The van der Waals surface area contributed by atoms with E-state index in [0.717, 1.165) is 41.7 Å². The zero-order chi connectivity index (χ0) is 21.1. The summed E-state index contributed by atoms with van der Waals surface area (Å²) >= 11 is 1.41. The number of anilines is 1. The molecule has 0 unspecified atom stereocenters. The first-order valence-electron chi connectivity index (χ1n) is 9.87. The van der Waals surface area contributed by atoms with Crippen molar-refractivity contribution in [1.29, 1.82) is 0 Å². The highest BCUT2D eigenvalue weighted by Gasteiger charge is 2.20. The van der Waals surface area contributed by atoms with Crippen molar-refractivity contribution >= 4 is 38.5 Å². The van der Waals surface area contributed by atoms with Crippen LogP contribution in [0.2, 0.25) is 0 Å². The number of pyridine rings is 1. The summed E-state index contributed by atoms with van der Waals surface area (Å²) in [5, 5.41) is 6.40.